The van der Waals surface area contributed by atoms with Crippen LogP contribution < -0.4 is 10.6 Å². The fourth-order valence-electron chi connectivity index (χ4n) is 2.44. The van der Waals surface area contributed by atoms with Gasteiger partial charge in [-0.05, 0) is 30.7 Å². The lowest BCUT2D eigenvalue weighted by atomic mass is 9.95. The first kappa shape index (κ1) is 13.3. The highest BCUT2D eigenvalue weighted by Crippen LogP contribution is 2.17. The van der Waals surface area contributed by atoms with Gasteiger partial charge < -0.3 is 10.6 Å². The number of carbonyl (C=O) groups is 2. The van der Waals surface area contributed by atoms with Crippen molar-refractivity contribution in [2.45, 2.75) is 19.4 Å². The monoisotopic (exact) mass is 281 g/mol. The molecule has 5 nitrogen and oxygen atoms in total. The molecule has 0 bridgehead atoms. The number of nitrogens with zero attached hydrogens (tertiary/aromatic N) is 1. The van der Waals surface area contributed by atoms with Crippen LogP contribution in [0.2, 0.25) is 0 Å². The summed E-state index contributed by atoms with van der Waals surface area (Å²) in [5.74, 6) is -0.425. The van der Waals surface area contributed by atoms with Gasteiger partial charge in [0.25, 0.3) is 5.91 Å². The average molecular weight is 281 g/mol. The van der Waals surface area contributed by atoms with Gasteiger partial charge in [0.2, 0.25) is 5.91 Å². The molecule has 1 aliphatic heterocycles. The molecule has 1 aromatic heterocycles. The number of benzene rings is 1. The predicted molar refractivity (Wildman–Crippen MR) is 79.0 cm³/mol. The van der Waals surface area contributed by atoms with E-state index in [2.05, 4.69) is 15.6 Å². The summed E-state index contributed by atoms with van der Waals surface area (Å²) >= 11 is 0. The number of pyridine rings is 1. The third kappa shape index (κ3) is 2.76. The second kappa shape index (κ2) is 5.36. The van der Waals surface area contributed by atoms with Crippen LogP contribution in [0.25, 0.3) is 0 Å². The Morgan fingerprint density at radius 2 is 2.14 bits per heavy atom. The van der Waals surface area contributed by atoms with E-state index in [9.17, 15) is 9.59 Å². The van der Waals surface area contributed by atoms with Crippen molar-refractivity contribution in [3.63, 3.8) is 0 Å². The summed E-state index contributed by atoms with van der Waals surface area (Å²) in [6.45, 7) is 1.86. The van der Waals surface area contributed by atoms with Crippen molar-refractivity contribution in [3.8, 4) is 0 Å². The maximum Gasteiger partial charge on any atom is 0.252 e. The zero-order valence-corrected chi connectivity index (χ0v) is 11.6. The van der Waals surface area contributed by atoms with Gasteiger partial charge in [-0.15, -0.1) is 0 Å². The molecule has 0 saturated heterocycles. The van der Waals surface area contributed by atoms with Crippen molar-refractivity contribution in [1.29, 1.82) is 0 Å². The molecule has 1 unspecified atom stereocenters. The molecular weight excluding hydrogens is 266 g/mol. The van der Waals surface area contributed by atoms with E-state index in [0.29, 0.717) is 17.7 Å². The third-order valence-electron chi connectivity index (χ3n) is 3.47. The first-order valence-corrected chi connectivity index (χ1v) is 6.76. The Hall–Kier alpha value is -2.69. The van der Waals surface area contributed by atoms with Gasteiger partial charge in [0.15, 0.2) is 0 Å². The van der Waals surface area contributed by atoms with Crippen LogP contribution in [-0.2, 0) is 11.2 Å². The van der Waals surface area contributed by atoms with E-state index in [0.717, 1.165) is 11.3 Å². The summed E-state index contributed by atoms with van der Waals surface area (Å²) in [4.78, 5) is 28.4. The van der Waals surface area contributed by atoms with Crippen molar-refractivity contribution in [2.24, 2.45) is 0 Å². The lowest BCUT2D eigenvalue weighted by molar-refractivity contribution is -0.118. The minimum atomic E-state index is -0.555. The Balaban J connectivity index is 1.76. The van der Waals surface area contributed by atoms with Gasteiger partial charge in [-0.3, -0.25) is 14.6 Å². The fourth-order valence-corrected chi connectivity index (χ4v) is 2.44. The van der Waals surface area contributed by atoms with Gasteiger partial charge in [0.1, 0.15) is 6.04 Å². The largest absolute Gasteiger partial charge is 0.340 e. The second-order valence-electron chi connectivity index (χ2n) is 5.06. The maximum atomic E-state index is 12.3. The lowest BCUT2D eigenvalue weighted by Crippen LogP contribution is -2.48. The van der Waals surface area contributed by atoms with Crippen LogP contribution in [0.15, 0.2) is 42.6 Å². The van der Waals surface area contributed by atoms with Crippen LogP contribution in [0, 0.1) is 6.92 Å². The van der Waals surface area contributed by atoms with Gasteiger partial charge in [-0.1, -0.05) is 18.2 Å². The number of hydrogen-bond acceptors (Lipinski definition) is 3. The van der Waals surface area contributed by atoms with E-state index in [1.54, 1.807) is 24.4 Å². The summed E-state index contributed by atoms with van der Waals surface area (Å²) in [7, 11) is 0. The Bertz CT molecular complexity index is 712. The number of fused-ring (bicyclic) bond motifs is 1. The van der Waals surface area contributed by atoms with Crippen LogP contribution in [-0.4, -0.2) is 22.8 Å². The highest BCUT2D eigenvalue weighted by molar-refractivity contribution is 6.03. The minimum absolute atomic E-state index is 0.206. The van der Waals surface area contributed by atoms with Crippen LogP contribution in [0.1, 0.15) is 21.6 Å². The normalized spacial score (nSPS) is 16.8. The van der Waals surface area contributed by atoms with Gasteiger partial charge >= 0.3 is 0 Å². The summed E-state index contributed by atoms with van der Waals surface area (Å²) < 4.78 is 0. The molecule has 0 radical (unpaired) electrons. The lowest BCUT2D eigenvalue weighted by Gasteiger charge is -2.24. The van der Waals surface area contributed by atoms with E-state index in [1.165, 1.54) is 0 Å². The van der Waals surface area contributed by atoms with E-state index in [1.807, 2.05) is 25.1 Å². The zero-order valence-electron chi connectivity index (χ0n) is 11.6. The molecule has 2 heterocycles. The first-order chi connectivity index (χ1) is 10.1. The molecule has 0 saturated carbocycles. The molecule has 0 aliphatic carbocycles. The quantitative estimate of drug-likeness (QED) is 0.880. The average Bonchev–Trinajstić information content (AvgIpc) is 2.47. The summed E-state index contributed by atoms with van der Waals surface area (Å²) in [6.07, 6.45) is 2.14. The molecule has 106 valence electrons. The smallest absolute Gasteiger partial charge is 0.252 e. The van der Waals surface area contributed by atoms with Crippen LogP contribution >= 0.6 is 0 Å². The number of amides is 2. The molecule has 0 spiro atoms. The van der Waals surface area contributed by atoms with Crippen molar-refractivity contribution in [2.75, 3.05) is 5.32 Å². The van der Waals surface area contributed by atoms with Crippen LogP contribution in [0.3, 0.4) is 0 Å². The SMILES string of the molecule is Cc1cc(NC(=O)C2Cc3ccccc3C(=O)N2)ccn1. The molecule has 1 atom stereocenters. The highest BCUT2D eigenvalue weighted by atomic mass is 16.2. The molecule has 2 amide bonds. The molecule has 1 aliphatic rings. The fraction of sp³-hybridized carbons (Fsp3) is 0.188. The van der Waals surface area contributed by atoms with Gasteiger partial charge in [0.05, 0.1) is 0 Å². The molecule has 1 aromatic carbocycles. The molecule has 2 aromatic rings. The number of hydrogen-bond donors (Lipinski definition) is 2. The Labute approximate surface area is 122 Å². The topological polar surface area (TPSA) is 71.1 Å². The minimum Gasteiger partial charge on any atom is -0.340 e. The summed E-state index contributed by atoms with van der Waals surface area (Å²) in [5, 5.41) is 5.55. The Kier molecular flexibility index (Phi) is 3.39. The van der Waals surface area contributed by atoms with Crippen molar-refractivity contribution >= 4 is 17.5 Å². The Morgan fingerprint density at radius 1 is 1.33 bits per heavy atom. The third-order valence-corrected chi connectivity index (χ3v) is 3.47. The number of nitrogens with one attached hydrogen (secondary N) is 2. The Morgan fingerprint density at radius 3 is 2.95 bits per heavy atom. The number of carbonyl (C=O) groups excluding carboxylic acids is 2. The molecular formula is C16H15N3O2. The van der Waals surface area contributed by atoms with E-state index >= 15 is 0 Å². The number of anilines is 1. The number of aromatic nitrogens is 1. The standard InChI is InChI=1S/C16H15N3O2/c1-10-8-12(6-7-17-10)18-16(21)14-9-11-4-2-3-5-13(11)15(20)19-14/h2-8,14H,9H2,1H3,(H,19,20)(H,17,18,21). The summed E-state index contributed by atoms with van der Waals surface area (Å²) in [6, 6.07) is 10.3. The van der Waals surface area contributed by atoms with Gasteiger partial charge in [-0.2, -0.15) is 0 Å². The second-order valence-corrected chi connectivity index (χ2v) is 5.06. The van der Waals surface area contributed by atoms with Crippen molar-refractivity contribution in [3.05, 3.63) is 59.4 Å². The molecule has 5 heteroatoms. The van der Waals surface area contributed by atoms with Crippen molar-refractivity contribution in [1.82, 2.24) is 10.3 Å². The molecule has 0 fully saturated rings. The summed E-state index contributed by atoms with van der Waals surface area (Å²) in [5.41, 5.74) is 3.04. The van der Waals surface area contributed by atoms with Crippen LogP contribution in [0.5, 0.6) is 0 Å². The first-order valence-electron chi connectivity index (χ1n) is 6.76. The number of rotatable bonds is 2. The predicted octanol–water partition coefficient (Wildman–Crippen LogP) is 1.68. The molecule has 3 rings (SSSR count). The zero-order chi connectivity index (χ0) is 14.8. The van der Waals surface area contributed by atoms with E-state index < -0.39 is 6.04 Å². The maximum absolute atomic E-state index is 12.3. The van der Waals surface area contributed by atoms with Crippen molar-refractivity contribution < 1.29 is 9.59 Å². The van der Waals surface area contributed by atoms with Gasteiger partial charge in [-0.25, -0.2) is 0 Å². The van der Waals surface area contributed by atoms with E-state index in [-0.39, 0.29) is 11.8 Å². The van der Waals surface area contributed by atoms with E-state index in [4.69, 9.17) is 0 Å². The van der Waals surface area contributed by atoms with Gasteiger partial charge in [0, 0.05) is 29.6 Å². The number of aryl methyl sites for hydroxylation is 1. The molecule has 21 heavy (non-hydrogen) atoms. The highest BCUT2D eigenvalue weighted by Gasteiger charge is 2.28. The van der Waals surface area contributed by atoms with Crippen LogP contribution in [0.4, 0.5) is 5.69 Å². The molecule has 2 N–H and O–H groups in total.